The third-order valence-corrected chi connectivity index (χ3v) is 5.14. The Morgan fingerprint density at radius 2 is 2.48 bits per heavy atom. The molecule has 1 N–H and O–H groups in total. The van der Waals surface area contributed by atoms with Crippen molar-refractivity contribution in [3.05, 3.63) is 40.1 Å². The molecule has 1 atom stereocenters. The molecule has 21 heavy (non-hydrogen) atoms. The summed E-state index contributed by atoms with van der Waals surface area (Å²) >= 11 is 1.75. The number of carbonyl (C=O) groups is 1. The Morgan fingerprint density at radius 3 is 3.29 bits per heavy atom. The smallest absolute Gasteiger partial charge is 0.252 e. The van der Waals surface area contributed by atoms with Crippen LogP contribution in [-0.2, 0) is 19.4 Å². The van der Waals surface area contributed by atoms with Crippen molar-refractivity contribution in [2.24, 2.45) is 5.92 Å². The molecule has 0 aliphatic heterocycles. The van der Waals surface area contributed by atoms with Gasteiger partial charge in [-0.2, -0.15) is 0 Å². The van der Waals surface area contributed by atoms with Gasteiger partial charge in [0.25, 0.3) is 5.91 Å². The summed E-state index contributed by atoms with van der Waals surface area (Å²) in [6.07, 6.45) is 9.83. The molecule has 0 fully saturated rings. The first kappa shape index (κ1) is 14.3. The number of rotatable bonds is 5. The van der Waals surface area contributed by atoms with E-state index in [0.29, 0.717) is 6.54 Å². The van der Waals surface area contributed by atoms with E-state index in [4.69, 9.17) is 0 Å². The second kappa shape index (κ2) is 6.43. The number of fused-ring (bicyclic) bond motifs is 1. The number of nitrogens with one attached hydrogen (secondary N) is 1. The lowest BCUT2D eigenvalue weighted by Gasteiger charge is -2.18. The lowest BCUT2D eigenvalue weighted by molar-refractivity contribution is 0.0952. The van der Waals surface area contributed by atoms with E-state index in [-0.39, 0.29) is 5.91 Å². The minimum atomic E-state index is 0.0904. The van der Waals surface area contributed by atoms with Crippen molar-refractivity contribution in [1.29, 1.82) is 0 Å². The maximum Gasteiger partial charge on any atom is 0.252 e. The van der Waals surface area contributed by atoms with Crippen LogP contribution in [0.4, 0.5) is 0 Å². The highest BCUT2D eigenvalue weighted by molar-refractivity contribution is 7.10. The van der Waals surface area contributed by atoms with Crippen LogP contribution in [-0.4, -0.2) is 22.0 Å². The minimum Gasteiger partial charge on any atom is -0.352 e. The number of nitrogens with zero attached hydrogens (tertiary/aromatic N) is 2. The van der Waals surface area contributed by atoms with Gasteiger partial charge in [0.15, 0.2) is 0 Å². The zero-order valence-corrected chi connectivity index (χ0v) is 13.2. The molecule has 112 valence electrons. The molecule has 3 rings (SSSR count). The van der Waals surface area contributed by atoms with E-state index in [1.54, 1.807) is 23.9 Å². The monoisotopic (exact) mass is 303 g/mol. The molecule has 0 aromatic carbocycles. The number of thiophene rings is 1. The predicted molar refractivity (Wildman–Crippen MR) is 84.7 cm³/mol. The first-order valence-corrected chi connectivity index (χ1v) is 8.45. The third-order valence-electron chi connectivity index (χ3n) is 4.08. The molecule has 0 radical (unpaired) electrons. The molecule has 0 saturated carbocycles. The van der Waals surface area contributed by atoms with Crippen LogP contribution in [0.2, 0.25) is 0 Å². The Bertz CT molecular complexity index is 603. The van der Waals surface area contributed by atoms with Crippen LogP contribution in [0, 0.1) is 5.92 Å². The SMILES string of the molecule is C[C@H]1CCc2c(C(=O)NCCCn3ccnc3)csc2C1. The van der Waals surface area contributed by atoms with Crippen molar-refractivity contribution in [1.82, 2.24) is 14.9 Å². The van der Waals surface area contributed by atoms with Gasteiger partial charge in [-0.1, -0.05) is 6.92 Å². The topological polar surface area (TPSA) is 46.9 Å². The van der Waals surface area contributed by atoms with Crippen LogP contribution in [0.25, 0.3) is 0 Å². The molecule has 0 bridgehead atoms. The largest absolute Gasteiger partial charge is 0.352 e. The Labute approximate surface area is 129 Å². The highest BCUT2D eigenvalue weighted by Crippen LogP contribution is 2.32. The molecule has 1 aliphatic rings. The molecule has 2 aromatic rings. The Balaban J connectivity index is 1.52. The van der Waals surface area contributed by atoms with Crippen molar-refractivity contribution in [2.75, 3.05) is 6.54 Å². The van der Waals surface area contributed by atoms with Gasteiger partial charge in [0.05, 0.1) is 11.9 Å². The van der Waals surface area contributed by atoms with Gasteiger partial charge in [0, 0.05) is 35.7 Å². The average Bonchev–Trinajstić information content (AvgIpc) is 3.12. The first-order chi connectivity index (χ1) is 10.2. The van der Waals surface area contributed by atoms with E-state index in [1.807, 2.05) is 16.1 Å². The van der Waals surface area contributed by atoms with Crippen molar-refractivity contribution < 1.29 is 4.79 Å². The summed E-state index contributed by atoms with van der Waals surface area (Å²) in [5.41, 5.74) is 2.20. The molecule has 0 saturated heterocycles. The normalized spacial score (nSPS) is 17.5. The molecule has 0 spiro atoms. The second-order valence-electron chi connectivity index (χ2n) is 5.81. The summed E-state index contributed by atoms with van der Waals surface area (Å²) in [5, 5.41) is 5.08. The second-order valence-corrected chi connectivity index (χ2v) is 6.77. The molecule has 2 heterocycles. The molecule has 2 aromatic heterocycles. The third kappa shape index (κ3) is 3.35. The van der Waals surface area contributed by atoms with Gasteiger partial charge in [-0.05, 0) is 37.2 Å². The number of hydrogen-bond acceptors (Lipinski definition) is 3. The van der Waals surface area contributed by atoms with Gasteiger partial charge in [0.2, 0.25) is 0 Å². The highest BCUT2D eigenvalue weighted by Gasteiger charge is 2.22. The summed E-state index contributed by atoms with van der Waals surface area (Å²) < 4.78 is 2.03. The molecular weight excluding hydrogens is 282 g/mol. The van der Waals surface area contributed by atoms with Crippen LogP contribution in [0.3, 0.4) is 0 Å². The summed E-state index contributed by atoms with van der Waals surface area (Å²) in [7, 11) is 0. The van der Waals surface area contributed by atoms with Gasteiger partial charge in [-0.3, -0.25) is 4.79 Å². The van der Waals surface area contributed by atoms with E-state index in [1.165, 1.54) is 16.9 Å². The zero-order valence-electron chi connectivity index (χ0n) is 12.3. The van der Waals surface area contributed by atoms with Gasteiger partial charge >= 0.3 is 0 Å². The fourth-order valence-electron chi connectivity index (χ4n) is 2.85. The summed E-state index contributed by atoms with van der Waals surface area (Å²) in [4.78, 5) is 17.7. The Hall–Kier alpha value is -1.62. The Kier molecular flexibility index (Phi) is 4.39. The van der Waals surface area contributed by atoms with Gasteiger partial charge in [-0.15, -0.1) is 11.3 Å². The molecule has 0 unspecified atom stereocenters. The summed E-state index contributed by atoms with van der Waals surface area (Å²) in [6, 6.07) is 0. The maximum absolute atomic E-state index is 12.3. The predicted octanol–water partition coefficient (Wildman–Crippen LogP) is 2.89. The standard InChI is InChI=1S/C16H21N3OS/c1-12-3-4-13-14(10-21-15(13)9-12)16(20)18-5-2-7-19-8-6-17-11-19/h6,8,10-12H,2-5,7,9H2,1H3,(H,18,20)/t12-/m0/s1. The lowest BCUT2D eigenvalue weighted by Crippen LogP contribution is -2.26. The van der Waals surface area contributed by atoms with Gasteiger partial charge in [0.1, 0.15) is 0 Å². The van der Waals surface area contributed by atoms with E-state index in [9.17, 15) is 4.79 Å². The molecule has 4 nitrogen and oxygen atoms in total. The number of carbonyl (C=O) groups excluding carboxylic acids is 1. The van der Waals surface area contributed by atoms with Crippen molar-refractivity contribution in [2.45, 2.75) is 39.2 Å². The highest BCUT2D eigenvalue weighted by atomic mass is 32.1. The van der Waals surface area contributed by atoms with Crippen LogP contribution >= 0.6 is 11.3 Å². The number of imidazole rings is 1. The van der Waals surface area contributed by atoms with Crippen LogP contribution in [0.1, 0.15) is 40.6 Å². The minimum absolute atomic E-state index is 0.0904. The number of aromatic nitrogens is 2. The van der Waals surface area contributed by atoms with Crippen LogP contribution in [0.5, 0.6) is 0 Å². The Morgan fingerprint density at radius 1 is 1.57 bits per heavy atom. The lowest BCUT2D eigenvalue weighted by atomic mass is 9.88. The van der Waals surface area contributed by atoms with E-state index >= 15 is 0 Å². The molecule has 1 amide bonds. The number of amides is 1. The van der Waals surface area contributed by atoms with E-state index in [0.717, 1.165) is 37.3 Å². The van der Waals surface area contributed by atoms with Crippen LogP contribution < -0.4 is 5.32 Å². The summed E-state index contributed by atoms with van der Waals surface area (Å²) in [5.74, 6) is 0.843. The first-order valence-electron chi connectivity index (χ1n) is 7.57. The maximum atomic E-state index is 12.3. The average molecular weight is 303 g/mol. The molecular formula is C16H21N3OS. The fraction of sp³-hybridized carbons (Fsp3) is 0.500. The van der Waals surface area contributed by atoms with E-state index in [2.05, 4.69) is 17.2 Å². The molecule has 5 heteroatoms. The van der Waals surface area contributed by atoms with Crippen molar-refractivity contribution in [3.8, 4) is 0 Å². The van der Waals surface area contributed by atoms with Crippen LogP contribution in [0.15, 0.2) is 24.1 Å². The molecule has 1 aliphatic carbocycles. The van der Waals surface area contributed by atoms with E-state index < -0.39 is 0 Å². The number of aryl methyl sites for hydroxylation is 1. The quantitative estimate of drug-likeness (QED) is 0.863. The zero-order chi connectivity index (χ0) is 14.7. The number of hydrogen-bond donors (Lipinski definition) is 1. The van der Waals surface area contributed by atoms with Gasteiger partial charge < -0.3 is 9.88 Å². The van der Waals surface area contributed by atoms with Crippen molar-refractivity contribution >= 4 is 17.2 Å². The van der Waals surface area contributed by atoms with Crippen molar-refractivity contribution in [3.63, 3.8) is 0 Å². The summed E-state index contributed by atoms with van der Waals surface area (Å²) in [6.45, 7) is 3.89. The fourth-order valence-corrected chi connectivity index (χ4v) is 4.09. The van der Waals surface area contributed by atoms with Gasteiger partial charge in [-0.25, -0.2) is 4.98 Å².